The van der Waals surface area contributed by atoms with Crippen LogP contribution >= 0.6 is 12.4 Å². The van der Waals surface area contributed by atoms with Gasteiger partial charge in [-0.15, -0.1) is 12.4 Å². The van der Waals surface area contributed by atoms with E-state index in [1.54, 1.807) is 12.1 Å². The van der Waals surface area contributed by atoms with Gasteiger partial charge in [0.2, 0.25) is 5.91 Å². The molecule has 1 saturated carbocycles. The molecule has 22 heavy (non-hydrogen) atoms. The van der Waals surface area contributed by atoms with Crippen molar-refractivity contribution in [3.63, 3.8) is 0 Å². The number of halogens is 2. The van der Waals surface area contributed by atoms with Crippen LogP contribution in [0.15, 0.2) is 24.3 Å². The molecule has 0 aliphatic heterocycles. The van der Waals surface area contributed by atoms with Gasteiger partial charge in [0, 0.05) is 13.0 Å². The zero-order chi connectivity index (χ0) is 15.3. The summed E-state index contributed by atoms with van der Waals surface area (Å²) >= 11 is 0. The zero-order valence-electron chi connectivity index (χ0n) is 12.8. The van der Waals surface area contributed by atoms with Gasteiger partial charge in [-0.2, -0.15) is 0 Å². The van der Waals surface area contributed by atoms with Crippen LogP contribution in [0.4, 0.5) is 4.39 Å². The Hall–Kier alpha value is -1.33. The van der Waals surface area contributed by atoms with Gasteiger partial charge in [0.1, 0.15) is 11.6 Å². The van der Waals surface area contributed by atoms with E-state index in [0.29, 0.717) is 37.7 Å². The number of carbonyl (C=O) groups excluding carboxylic acids is 1. The Morgan fingerprint density at radius 3 is 2.59 bits per heavy atom. The van der Waals surface area contributed by atoms with Crippen molar-refractivity contribution in [2.45, 2.75) is 38.1 Å². The van der Waals surface area contributed by atoms with Gasteiger partial charge in [-0.1, -0.05) is 0 Å². The van der Waals surface area contributed by atoms with Crippen LogP contribution in [0.2, 0.25) is 0 Å². The highest BCUT2D eigenvalue weighted by Gasteiger charge is 2.41. The second kappa shape index (κ2) is 8.34. The van der Waals surface area contributed by atoms with Crippen LogP contribution in [0.1, 0.15) is 32.6 Å². The molecule has 2 rings (SSSR count). The minimum absolute atomic E-state index is 0. The lowest BCUT2D eigenvalue weighted by Crippen LogP contribution is -2.53. The molecule has 6 heteroatoms. The number of hydrogen-bond acceptors (Lipinski definition) is 3. The lowest BCUT2D eigenvalue weighted by Gasteiger charge is -2.29. The Morgan fingerprint density at radius 1 is 1.41 bits per heavy atom. The number of nitrogens with two attached hydrogens (primary N) is 1. The number of benzene rings is 1. The van der Waals surface area contributed by atoms with E-state index in [9.17, 15) is 9.18 Å². The van der Waals surface area contributed by atoms with Crippen LogP contribution in [0.5, 0.6) is 5.75 Å². The number of nitrogens with one attached hydrogen (secondary N) is 1. The van der Waals surface area contributed by atoms with Crippen molar-refractivity contribution in [2.75, 3.05) is 13.2 Å². The van der Waals surface area contributed by atoms with E-state index in [2.05, 4.69) is 5.32 Å². The molecule has 0 aromatic heterocycles. The predicted octanol–water partition coefficient (Wildman–Crippen LogP) is 2.65. The summed E-state index contributed by atoms with van der Waals surface area (Å²) in [5.41, 5.74) is 5.50. The third-order valence-electron chi connectivity index (χ3n) is 3.96. The first-order chi connectivity index (χ1) is 10.0. The van der Waals surface area contributed by atoms with Crippen LogP contribution in [0.3, 0.4) is 0 Å². The lowest BCUT2D eigenvalue weighted by molar-refractivity contribution is -0.123. The normalized spacial score (nSPS) is 16.3. The SMILES string of the molecule is CC(CN)(NC(=O)CCCOc1ccc(F)cc1)C1CC1.Cl. The Kier molecular flexibility index (Phi) is 7.10. The summed E-state index contributed by atoms with van der Waals surface area (Å²) in [4.78, 5) is 11.9. The van der Waals surface area contributed by atoms with E-state index in [0.717, 1.165) is 12.8 Å². The van der Waals surface area contributed by atoms with Crippen molar-refractivity contribution in [1.82, 2.24) is 5.32 Å². The summed E-state index contributed by atoms with van der Waals surface area (Å²) in [6.45, 7) is 2.91. The van der Waals surface area contributed by atoms with Crippen LogP contribution < -0.4 is 15.8 Å². The highest BCUT2D eigenvalue weighted by molar-refractivity contribution is 5.85. The monoisotopic (exact) mass is 330 g/mol. The maximum Gasteiger partial charge on any atom is 0.220 e. The second-order valence-corrected chi connectivity index (χ2v) is 5.85. The Labute approximate surface area is 137 Å². The summed E-state index contributed by atoms with van der Waals surface area (Å²) in [5, 5.41) is 3.04. The molecule has 1 aliphatic carbocycles. The van der Waals surface area contributed by atoms with Gasteiger partial charge >= 0.3 is 0 Å². The largest absolute Gasteiger partial charge is 0.494 e. The van der Waals surface area contributed by atoms with Gasteiger partial charge in [-0.3, -0.25) is 4.79 Å². The number of ether oxygens (including phenoxy) is 1. The van der Waals surface area contributed by atoms with Gasteiger partial charge < -0.3 is 15.8 Å². The van der Waals surface area contributed by atoms with E-state index in [1.165, 1.54) is 12.1 Å². The molecule has 0 spiro atoms. The predicted molar refractivity (Wildman–Crippen MR) is 86.7 cm³/mol. The minimum atomic E-state index is -0.289. The molecule has 0 bridgehead atoms. The first-order valence-corrected chi connectivity index (χ1v) is 7.43. The van der Waals surface area contributed by atoms with Gasteiger partial charge in [0.05, 0.1) is 12.1 Å². The molecule has 1 atom stereocenters. The first kappa shape index (κ1) is 18.7. The van der Waals surface area contributed by atoms with Crippen LogP contribution in [0, 0.1) is 11.7 Å². The minimum Gasteiger partial charge on any atom is -0.494 e. The third kappa shape index (κ3) is 5.46. The van der Waals surface area contributed by atoms with Gasteiger partial charge in [-0.25, -0.2) is 4.39 Å². The molecule has 0 saturated heterocycles. The molecule has 1 aliphatic rings. The third-order valence-corrected chi connectivity index (χ3v) is 3.96. The van der Waals surface area contributed by atoms with Crippen molar-refractivity contribution in [3.8, 4) is 5.75 Å². The molecule has 3 N–H and O–H groups in total. The smallest absolute Gasteiger partial charge is 0.220 e. The standard InChI is InChI=1S/C16H23FN2O2.ClH/c1-16(11-18,12-4-5-12)19-15(20)3-2-10-21-14-8-6-13(17)7-9-14;/h6-9,12H,2-5,10-11,18H2,1H3,(H,19,20);1H. The van der Waals surface area contributed by atoms with Gasteiger partial charge in [0.25, 0.3) is 0 Å². The zero-order valence-corrected chi connectivity index (χ0v) is 13.6. The molecule has 1 aromatic rings. The number of carbonyl (C=O) groups is 1. The average Bonchev–Trinajstić information content (AvgIpc) is 3.30. The molecular formula is C16H24ClFN2O2. The fraction of sp³-hybridized carbons (Fsp3) is 0.562. The summed E-state index contributed by atoms with van der Waals surface area (Å²) in [6, 6.07) is 5.86. The quantitative estimate of drug-likeness (QED) is 0.720. The molecule has 1 unspecified atom stereocenters. The van der Waals surface area contributed by atoms with Crippen LogP contribution in [-0.4, -0.2) is 24.6 Å². The summed E-state index contributed by atoms with van der Waals surface area (Å²) < 4.78 is 18.2. The summed E-state index contributed by atoms with van der Waals surface area (Å²) in [6.07, 6.45) is 3.31. The Balaban J connectivity index is 0.00000242. The fourth-order valence-corrected chi connectivity index (χ4v) is 2.37. The van der Waals surface area contributed by atoms with Crippen LogP contribution in [0.25, 0.3) is 0 Å². The molecule has 0 radical (unpaired) electrons. The highest BCUT2D eigenvalue weighted by atomic mass is 35.5. The summed E-state index contributed by atoms with van der Waals surface area (Å²) in [5.74, 6) is 0.851. The van der Waals surface area contributed by atoms with E-state index in [-0.39, 0.29) is 29.7 Å². The van der Waals surface area contributed by atoms with E-state index in [4.69, 9.17) is 10.5 Å². The van der Waals surface area contributed by atoms with E-state index in [1.807, 2.05) is 6.92 Å². The van der Waals surface area contributed by atoms with Crippen LogP contribution in [-0.2, 0) is 4.79 Å². The molecular weight excluding hydrogens is 307 g/mol. The Bertz CT molecular complexity index is 480. The number of rotatable bonds is 8. The van der Waals surface area contributed by atoms with Crippen molar-refractivity contribution in [3.05, 3.63) is 30.1 Å². The lowest BCUT2D eigenvalue weighted by atomic mass is 9.95. The second-order valence-electron chi connectivity index (χ2n) is 5.85. The summed E-state index contributed by atoms with van der Waals surface area (Å²) in [7, 11) is 0. The van der Waals surface area contributed by atoms with E-state index >= 15 is 0 Å². The highest BCUT2D eigenvalue weighted by Crippen LogP contribution is 2.38. The van der Waals surface area contributed by atoms with Crippen molar-refractivity contribution < 1.29 is 13.9 Å². The van der Waals surface area contributed by atoms with Gasteiger partial charge in [0.15, 0.2) is 0 Å². The molecule has 1 fully saturated rings. The number of hydrogen-bond donors (Lipinski definition) is 2. The van der Waals surface area contributed by atoms with Crippen molar-refractivity contribution in [1.29, 1.82) is 0 Å². The van der Waals surface area contributed by atoms with E-state index < -0.39 is 0 Å². The van der Waals surface area contributed by atoms with Crippen molar-refractivity contribution in [2.24, 2.45) is 11.7 Å². The maximum atomic E-state index is 12.7. The number of amides is 1. The maximum absolute atomic E-state index is 12.7. The molecule has 1 amide bonds. The molecule has 0 heterocycles. The molecule has 4 nitrogen and oxygen atoms in total. The van der Waals surface area contributed by atoms with Crippen molar-refractivity contribution >= 4 is 18.3 Å². The van der Waals surface area contributed by atoms with Gasteiger partial charge in [-0.05, 0) is 56.4 Å². The molecule has 1 aromatic carbocycles. The molecule has 124 valence electrons. The fourth-order valence-electron chi connectivity index (χ4n) is 2.37. The Morgan fingerprint density at radius 2 is 2.05 bits per heavy atom. The average molecular weight is 331 g/mol. The topological polar surface area (TPSA) is 64.3 Å². The first-order valence-electron chi connectivity index (χ1n) is 7.43.